The molecule has 0 radical (unpaired) electrons. The van der Waals surface area contributed by atoms with Crippen LogP contribution < -0.4 is 19.5 Å². The van der Waals surface area contributed by atoms with Gasteiger partial charge in [0, 0.05) is 30.3 Å². The van der Waals surface area contributed by atoms with E-state index in [2.05, 4.69) is 28.9 Å². The number of carbonyl (C=O) groups is 3. The van der Waals surface area contributed by atoms with Crippen molar-refractivity contribution in [3.05, 3.63) is 42.6 Å². The SMILES string of the molecule is CCOc1ccc2c(O[C@@H]3C[C@H]4C(=O)N[C@]5(C(=O)NS(=O)(=O)C6(C)CC6)C[C@H]5/C=C\CC[C@@H](C)C[C@@H](C)CC(=O)N4C3)nccc2c1. The Kier molecular flexibility index (Phi) is 9.01. The van der Waals surface area contributed by atoms with Gasteiger partial charge in [-0.05, 0) is 93.9 Å². The molecule has 6 atom stereocenters. The largest absolute Gasteiger partial charge is 0.494 e. The van der Waals surface area contributed by atoms with E-state index in [1.807, 2.05) is 43.3 Å². The summed E-state index contributed by atoms with van der Waals surface area (Å²) in [5, 5.41) is 4.60. The Balaban J connectivity index is 1.27. The Labute approximate surface area is 276 Å². The van der Waals surface area contributed by atoms with E-state index < -0.39 is 44.3 Å². The molecule has 3 heterocycles. The highest BCUT2D eigenvalue weighted by molar-refractivity contribution is 7.91. The molecule has 2 aliphatic carbocycles. The van der Waals surface area contributed by atoms with Crippen LogP contribution in [-0.4, -0.2) is 71.6 Å². The second kappa shape index (κ2) is 12.7. The van der Waals surface area contributed by atoms with E-state index in [0.29, 0.717) is 31.2 Å². The van der Waals surface area contributed by atoms with E-state index in [9.17, 15) is 22.8 Å². The zero-order valence-corrected chi connectivity index (χ0v) is 28.5. The molecule has 4 aliphatic rings. The Morgan fingerprint density at radius 3 is 2.68 bits per heavy atom. The topological polar surface area (TPSA) is 144 Å². The number of benzene rings is 1. The van der Waals surface area contributed by atoms with Gasteiger partial charge in [-0.2, -0.15) is 0 Å². The Bertz CT molecular complexity index is 1690. The van der Waals surface area contributed by atoms with Gasteiger partial charge in [0.25, 0.3) is 5.91 Å². The lowest BCUT2D eigenvalue weighted by Crippen LogP contribution is -2.57. The first kappa shape index (κ1) is 33.2. The van der Waals surface area contributed by atoms with Crippen molar-refractivity contribution < 1.29 is 32.3 Å². The van der Waals surface area contributed by atoms with Crippen LogP contribution in [0, 0.1) is 17.8 Å². The van der Waals surface area contributed by atoms with Crippen LogP contribution in [0.4, 0.5) is 0 Å². The van der Waals surface area contributed by atoms with E-state index in [-0.39, 0.29) is 43.6 Å². The molecule has 0 spiro atoms. The quantitative estimate of drug-likeness (QED) is 0.418. The number of carbonyl (C=O) groups excluding carboxylic acids is 3. The molecule has 2 aliphatic heterocycles. The van der Waals surface area contributed by atoms with Crippen molar-refractivity contribution in [3.63, 3.8) is 0 Å². The van der Waals surface area contributed by atoms with E-state index >= 15 is 0 Å². The lowest BCUT2D eigenvalue weighted by atomic mass is 9.91. The molecule has 2 saturated carbocycles. The van der Waals surface area contributed by atoms with Crippen molar-refractivity contribution in [1.29, 1.82) is 0 Å². The Morgan fingerprint density at radius 1 is 1.15 bits per heavy atom. The lowest BCUT2D eigenvalue weighted by Gasteiger charge is -2.28. The Hall–Kier alpha value is -3.67. The molecule has 0 unspecified atom stereocenters. The standard InChI is InChI=1S/C35H46N4O7S/c1-5-45-26-10-11-28-24(18-26)12-15-36-32(28)46-27-19-29-31(41)37-35(33(42)38-47(43,44)34(4)13-14-34)20-25(35)9-7-6-8-22(2)16-23(3)17-30(40)39(29)21-27/h7,9-12,15,18,22-23,25,27,29H,5-6,8,13-14,16-17,19-21H2,1-4H3,(H,37,41)(H,38,42)/b9-7-/t22-,23-,25-,27-,29+,35-/m1/s1. The third-order valence-electron chi connectivity index (χ3n) is 10.3. The van der Waals surface area contributed by atoms with Crippen LogP contribution in [0.2, 0.25) is 0 Å². The van der Waals surface area contributed by atoms with Gasteiger partial charge in [0.15, 0.2) is 0 Å². The van der Waals surface area contributed by atoms with Crippen molar-refractivity contribution in [2.24, 2.45) is 17.8 Å². The second-order valence-corrected chi connectivity index (χ2v) is 16.5. The molecule has 2 aromatic rings. The van der Waals surface area contributed by atoms with E-state index in [1.165, 1.54) is 0 Å². The summed E-state index contributed by atoms with van der Waals surface area (Å²) in [5.74, 6) is -0.0820. The molecule has 0 bridgehead atoms. The fraction of sp³-hybridized carbons (Fsp3) is 0.600. The maximum absolute atomic E-state index is 14.1. The van der Waals surface area contributed by atoms with Gasteiger partial charge in [0.2, 0.25) is 27.7 Å². The molecule has 254 valence electrons. The number of hydrogen-bond donors (Lipinski definition) is 2. The summed E-state index contributed by atoms with van der Waals surface area (Å²) in [6.45, 7) is 8.50. The number of nitrogens with zero attached hydrogens (tertiary/aromatic N) is 2. The first-order valence-corrected chi connectivity index (χ1v) is 18.4. The summed E-state index contributed by atoms with van der Waals surface area (Å²) in [7, 11) is -3.91. The van der Waals surface area contributed by atoms with Crippen molar-refractivity contribution >= 4 is 38.5 Å². The number of pyridine rings is 1. The predicted octanol–water partition coefficient (Wildman–Crippen LogP) is 4.26. The minimum absolute atomic E-state index is 0.120. The number of allylic oxidation sites excluding steroid dienone is 1. The zero-order chi connectivity index (χ0) is 33.6. The van der Waals surface area contributed by atoms with Crippen LogP contribution in [0.15, 0.2) is 42.6 Å². The average molecular weight is 667 g/mol. The van der Waals surface area contributed by atoms with E-state index in [0.717, 1.165) is 35.8 Å². The minimum atomic E-state index is -3.91. The molecule has 3 fully saturated rings. The van der Waals surface area contributed by atoms with Crippen LogP contribution in [0.3, 0.4) is 0 Å². The molecule has 1 aromatic carbocycles. The molecule has 12 heteroatoms. The first-order chi connectivity index (χ1) is 22.3. The summed E-state index contributed by atoms with van der Waals surface area (Å²) < 4.78 is 39.4. The number of aromatic nitrogens is 1. The number of amides is 3. The van der Waals surface area contributed by atoms with Gasteiger partial charge in [0.1, 0.15) is 23.4 Å². The normalized spacial score (nSPS) is 31.4. The summed E-state index contributed by atoms with van der Waals surface area (Å²) in [5.41, 5.74) is -1.41. The minimum Gasteiger partial charge on any atom is -0.494 e. The van der Waals surface area contributed by atoms with Crippen LogP contribution in [-0.2, 0) is 24.4 Å². The summed E-state index contributed by atoms with van der Waals surface area (Å²) >= 11 is 0. The number of fused-ring (bicyclic) bond motifs is 3. The summed E-state index contributed by atoms with van der Waals surface area (Å²) in [6.07, 6.45) is 9.40. The molecule has 2 N–H and O–H groups in total. The smallest absolute Gasteiger partial charge is 0.259 e. The zero-order valence-electron chi connectivity index (χ0n) is 27.7. The molecule has 47 heavy (non-hydrogen) atoms. The van der Waals surface area contributed by atoms with Gasteiger partial charge in [-0.3, -0.25) is 19.1 Å². The van der Waals surface area contributed by atoms with E-state index in [4.69, 9.17) is 9.47 Å². The number of ether oxygens (including phenoxy) is 2. The first-order valence-electron chi connectivity index (χ1n) is 16.9. The highest BCUT2D eigenvalue weighted by atomic mass is 32.2. The van der Waals surface area contributed by atoms with Gasteiger partial charge in [-0.1, -0.05) is 26.0 Å². The number of rotatable bonds is 7. The maximum atomic E-state index is 14.1. The van der Waals surface area contributed by atoms with Crippen molar-refractivity contribution in [3.8, 4) is 11.6 Å². The highest BCUT2D eigenvalue weighted by Crippen LogP contribution is 2.47. The second-order valence-electron chi connectivity index (χ2n) is 14.3. The van der Waals surface area contributed by atoms with Crippen LogP contribution in [0.5, 0.6) is 11.6 Å². The third kappa shape index (κ3) is 6.84. The van der Waals surface area contributed by atoms with Crippen molar-refractivity contribution in [2.45, 2.75) is 101 Å². The molecule has 1 saturated heterocycles. The molecular formula is C35H46N4O7S. The maximum Gasteiger partial charge on any atom is 0.259 e. The monoisotopic (exact) mass is 666 g/mol. The van der Waals surface area contributed by atoms with Crippen LogP contribution >= 0.6 is 0 Å². The van der Waals surface area contributed by atoms with Gasteiger partial charge < -0.3 is 19.7 Å². The molecule has 11 nitrogen and oxygen atoms in total. The van der Waals surface area contributed by atoms with Crippen molar-refractivity contribution in [2.75, 3.05) is 13.2 Å². The molecule has 1 aromatic heterocycles. The highest BCUT2D eigenvalue weighted by Gasteiger charge is 2.63. The molecular weight excluding hydrogens is 620 g/mol. The van der Waals surface area contributed by atoms with Crippen molar-refractivity contribution in [1.82, 2.24) is 19.9 Å². The third-order valence-corrected chi connectivity index (χ3v) is 12.5. The average Bonchev–Trinajstić information content (AvgIpc) is 3.89. The van der Waals surface area contributed by atoms with Gasteiger partial charge in [-0.25, -0.2) is 13.4 Å². The molecule has 3 amide bonds. The predicted molar refractivity (Wildman–Crippen MR) is 177 cm³/mol. The number of sulfonamides is 1. The lowest BCUT2D eigenvalue weighted by molar-refractivity contribution is -0.140. The number of nitrogens with one attached hydrogen (secondary N) is 2. The van der Waals surface area contributed by atoms with Crippen LogP contribution in [0.25, 0.3) is 10.8 Å². The summed E-state index contributed by atoms with van der Waals surface area (Å²) in [6, 6.07) is 6.64. The molecule has 6 rings (SSSR count). The van der Waals surface area contributed by atoms with E-state index in [1.54, 1.807) is 18.0 Å². The number of hydrogen-bond acceptors (Lipinski definition) is 8. The van der Waals surface area contributed by atoms with Gasteiger partial charge >= 0.3 is 0 Å². The van der Waals surface area contributed by atoms with Gasteiger partial charge in [-0.15, -0.1) is 0 Å². The fourth-order valence-electron chi connectivity index (χ4n) is 7.05. The fourth-order valence-corrected chi connectivity index (χ4v) is 8.37. The van der Waals surface area contributed by atoms with Crippen LogP contribution in [0.1, 0.15) is 79.1 Å². The van der Waals surface area contributed by atoms with Gasteiger partial charge in [0.05, 0.1) is 17.9 Å². The Morgan fingerprint density at radius 2 is 1.94 bits per heavy atom. The summed E-state index contributed by atoms with van der Waals surface area (Å²) in [4.78, 5) is 47.6.